The van der Waals surface area contributed by atoms with Crippen LogP contribution >= 0.6 is 0 Å². The second-order valence-electron chi connectivity index (χ2n) is 4.12. The molecule has 8 heteroatoms. The highest BCUT2D eigenvalue weighted by atomic mass is 16.6. The van der Waals surface area contributed by atoms with Gasteiger partial charge in [-0.3, -0.25) is 10.1 Å². The number of hydrogen-bond donors (Lipinski definition) is 0. The maximum atomic E-state index is 10.5. The topological polar surface area (TPSA) is 118 Å². The Morgan fingerprint density at radius 3 is 2.86 bits per heavy atom. The summed E-state index contributed by atoms with van der Waals surface area (Å²) in [6.07, 6.45) is 3.83. The molecule has 0 N–H and O–H groups in total. The fourth-order valence-electron chi connectivity index (χ4n) is 1.61. The Bertz CT molecular complexity index is 794. The molecule has 8 nitrogen and oxygen atoms in total. The van der Waals surface area contributed by atoms with Gasteiger partial charge >= 0.3 is 5.69 Å². The van der Waals surface area contributed by atoms with Crippen molar-refractivity contribution in [2.45, 2.75) is 6.73 Å². The van der Waals surface area contributed by atoms with E-state index in [0.29, 0.717) is 11.3 Å². The van der Waals surface area contributed by atoms with Crippen molar-refractivity contribution in [2.24, 2.45) is 0 Å². The van der Waals surface area contributed by atoms with Crippen LogP contribution in [0.4, 0.5) is 5.69 Å². The largest absolute Gasteiger partial charge is 0.471 e. The predicted molar refractivity (Wildman–Crippen MR) is 75.2 cm³/mol. The van der Waals surface area contributed by atoms with Crippen LogP contribution in [0.2, 0.25) is 0 Å². The summed E-state index contributed by atoms with van der Waals surface area (Å²) in [6, 6.07) is 10.3. The number of nitrogens with zero attached hydrogens (tertiary/aromatic N) is 5. The van der Waals surface area contributed by atoms with Gasteiger partial charge in [0.1, 0.15) is 35.9 Å². The molecule has 2 aromatic rings. The number of benzene rings is 1. The number of hydrogen-bond acceptors (Lipinski definition) is 6. The maximum Gasteiger partial charge on any atom is 0.307 e. The first-order valence-corrected chi connectivity index (χ1v) is 6.04. The van der Waals surface area contributed by atoms with Gasteiger partial charge in [-0.2, -0.15) is 15.6 Å². The van der Waals surface area contributed by atoms with E-state index in [2.05, 4.69) is 5.10 Å². The third kappa shape index (κ3) is 3.68. The second-order valence-corrected chi connectivity index (χ2v) is 4.12. The monoisotopic (exact) mass is 295 g/mol. The fraction of sp³-hybridized carbons (Fsp3) is 0.0714. The third-order valence-corrected chi connectivity index (χ3v) is 2.60. The summed E-state index contributed by atoms with van der Waals surface area (Å²) in [7, 11) is 0. The fourth-order valence-corrected chi connectivity index (χ4v) is 1.61. The molecule has 0 unspecified atom stereocenters. The van der Waals surface area contributed by atoms with E-state index in [-0.39, 0.29) is 18.0 Å². The van der Waals surface area contributed by atoms with Gasteiger partial charge in [0.25, 0.3) is 0 Å². The average molecular weight is 295 g/mol. The van der Waals surface area contributed by atoms with Crippen LogP contribution in [0.15, 0.2) is 42.2 Å². The lowest BCUT2D eigenvalue weighted by molar-refractivity contribution is -0.385. The first kappa shape index (κ1) is 14.8. The van der Waals surface area contributed by atoms with E-state index in [9.17, 15) is 10.1 Å². The van der Waals surface area contributed by atoms with Crippen LogP contribution < -0.4 is 4.74 Å². The number of nitro groups is 1. The molecule has 0 fully saturated rings. The molecule has 0 radical (unpaired) electrons. The lowest BCUT2D eigenvalue weighted by Gasteiger charge is -2.06. The molecule has 0 aliphatic heterocycles. The van der Waals surface area contributed by atoms with Crippen molar-refractivity contribution in [3.63, 3.8) is 0 Å². The summed E-state index contributed by atoms with van der Waals surface area (Å²) >= 11 is 0. The van der Waals surface area contributed by atoms with Crippen molar-refractivity contribution in [1.82, 2.24) is 9.78 Å². The van der Waals surface area contributed by atoms with Crippen LogP contribution in [0.1, 0.15) is 5.56 Å². The summed E-state index contributed by atoms with van der Waals surface area (Å²) in [6.45, 7) is 0.00433. The molecule has 0 atom stereocenters. The highest BCUT2D eigenvalue weighted by Crippen LogP contribution is 2.16. The molecule has 0 amide bonds. The van der Waals surface area contributed by atoms with Gasteiger partial charge in [0, 0.05) is 0 Å². The van der Waals surface area contributed by atoms with Crippen molar-refractivity contribution in [1.29, 1.82) is 10.5 Å². The Hall–Kier alpha value is -3.65. The first-order chi connectivity index (χ1) is 10.6. The van der Waals surface area contributed by atoms with Crippen LogP contribution in [0.3, 0.4) is 0 Å². The number of rotatable bonds is 5. The van der Waals surface area contributed by atoms with Gasteiger partial charge in [-0.15, -0.1) is 0 Å². The lowest BCUT2D eigenvalue weighted by atomic mass is 10.1. The second kappa shape index (κ2) is 6.68. The molecule has 22 heavy (non-hydrogen) atoms. The van der Waals surface area contributed by atoms with Gasteiger partial charge < -0.3 is 4.74 Å². The Labute approximate surface area is 125 Å². The van der Waals surface area contributed by atoms with E-state index in [1.165, 1.54) is 17.0 Å². The van der Waals surface area contributed by atoms with E-state index < -0.39 is 4.92 Å². The number of ether oxygens (including phenoxy) is 1. The molecule has 0 saturated heterocycles. The zero-order valence-electron chi connectivity index (χ0n) is 11.2. The summed E-state index contributed by atoms with van der Waals surface area (Å²) < 4.78 is 6.75. The average Bonchev–Trinajstić information content (AvgIpc) is 3.00. The molecule has 1 aromatic carbocycles. The highest BCUT2D eigenvalue weighted by Gasteiger charge is 2.08. The minimum Gasteiger partial charge on any atom is -0.471 e. The van der Waals surface area contributed by atoms with Crippen LogP contribution in [0.5, 0.6) is 5.75 Å². The van der Waals surface area contributed by atoms with Gasteiger partial charge in [-0.25, -0.2) is 4.68 Å². The van der Waals surface area contributed by atoms with Gasteiger partial charge in [-0.1, -0.05) is 12.1 Å². The molecule has 0 aliphatic rings. The number of aromatic nitrogens is 2. The quantitative estimate of drug-likeness (QED) is 0.474. The van der Waals surface area contributed by atoms with Crippen molar-refractivity contribution in [3.05, 3.63) is 57.9 Å². The zero-order valence-corrected chi connectivity index (χ0v) is 11.2. The Balaban J connectivity index is 2.07. The van der Waals surface area contributed by atoms with Gasteiger partial charge in [0.2, 0.25) is 0 Å². The molecule has 0 saturated carbocycles. The number of nitriles is 2. The molecule has 0 spiro atoms. The van der Waals surface area contributed by atoms with E-state index >= 15 is 0 Å². The summed E-state index contributed by atoms with van der Waals surface area (Å²) in [4.78, 5) is 10.0. The summed E-state index contributed by atoms with van der Waals surface area (Å²) in [5, 5.41) is 31.8. The molecule has 0 bridgehead atoms. The van der Waals surface area contributed by atoms with Gasteiger partial charge in [0.05, 0.1) is 4.92 Å². The molecular weight excluding hydrogens is 286 g/mol. The summed E-state index contributed by atoms with van der Waals surface area (Å²) in [5.41, 5.74) is 0.509. The summed E-state index contributed by atoms with van der Waals surface area (Å²) in [5.74, 6) is 0.488. The minimum atomic E-state index is -0.541. The smallest absolute Gasteiger partial charge is 0.307 e. The van der Waals surface area contributed by atoms with E-state index in [1.807, 2.05) is 0 Å². The van der Waals surface area contributed by atoms with Crippen LogP contribution in [-0.2, 0) is 6.73 Å². The predicted octanol–water partition coefficient (Wildman–Crippen LogP) is 2.26. The van der Waals surface area contributed by atoms with Crippen LogP contribution in [-0.4, -0.2) is 14.7 Å². The van der Waals surface area contributed by atoms with Gasteiger partial charge in [-0.05, 0) is 23.8 Å². The van der Waals surface area contributed by atoms with Crippen molar-refractivity contribution in [3.8, 4) is 17.9 Å². The molecule has 0 aliphatic carbocycles. The highest BCUT2D eigenvalue weighted by molar-refractivity contribution is 5.62. The Kier molecular flexibility index (Phi) is 4.48. The van der Waals surface area contributed by atoms with Crippen molar-refractivity contribution in [2.75, 3.05) is 0 Å². The van der Waals surface area contributed by atoms with E-state index in [0.717, 1.165) is 6.20 Å². The Morgan fingerprint density at radius 1 is 1.45 bits per heavy atom. The van der Waals surface area contributed by atoms with E-state index in [1.54, 1.807) is 36.4 Å². The standard InChI is InChI=1S/C14H9N5O3/c15-6-12(7-16)4-11-2-1-3-14(5-11)22-10-18-9-13(8-17-18)19(20)21/h1-5,8-9H,10H2. The molecular formula is C14H9N5O3. The molecule has 1 heterocycles. The SMILES string of the molecule is N#CC(C#N)=Cc1cccc(OCn2cc([N+](=O)[O-])cn2)c1. The minimum absolute atomic E-state index is 0.00433. The molecule has 2 rings (SSSR count). The molecule has 1 aromatic heterocycles. The third-order valence-electron chi connectivity index (χ3n) is 2.60. The molecule has 108 valence electrons. The van der Waals surface area contributed by atoms with Gasteiger partial charge in [0.15, 0.2) is 6.73 Å². The lowest BCUT2D eigenvalue weighted by Crippen LogP contribution is -2.05. The number of allylic oxidation sites excluding steroid dienone is 1. The van der Waals surface area contributed by atoms with Crippen molar-refractivity contribution >= 4 is 11.8 Å². The Morgan fingerprint density at radius 2 is 2.23 bits per heavy atom. The van der Waals surface area contributed by atoms with Crippen LogP contribution in [0.25, 0.3) is 6.08 Å². The zero-order chi connectivity index (χ0) is 15.9. The van der Waals surface area contributed by atoms with Crippen LogP contribution in [0, 0.1) is 32.8 Å². The van der Waals surface area contributed by atoms with Crippen molar-refractivity contribution < 1.29 is 9.66 Å². The van der Waals surface area contributed by atoms with E-state index in [4.69, 9.17) is 15.3 Å². The first-order valence-electron chi connectivity index (χ1n) is 6.04. The maximum absolute atomic E-state index is 10.5. The normalized spacial score (nSPS) is 9.36.